The van der Waals surface area contributed by atoms with Gasteiger partial charge in [0, 0.05) is 0 Å². The maximum Gasteiger partial charge on any atom is 0.326 e. The van der Waals surface area contributed by atoms with E-state index in [0.29, 0.717) is 11.3 Å². The number of nitrogens with two attached hydrogens (primary N) is 1. The van der Waals surface area contributed by atoms with E-state index >= 15 is 0 Å². The van der Waals surface area contributed by atoms with Crippen LogP contribution in [0.5, 0.6) is 5.75 Å². The Bertz CT molecular complexity index is 925. The van der Waals surface area contributed by atoms with E-state index in [1.165, 1.54) is 23.9 Å². The molecular formula is C23H34N4O8S. The summed E-state index contributed by atoms with van der Waals surface area (Å²) in [4.78, 5) is 60.7. The monoisotopic (exact) mass is 526 g/mol. The fourth-order valence-corrected chi connectivity index (χ4v) is 3.66. The van der Waals surface area contributed by atoms with Gasteiger partial charge < -0.3 is 37.0 Å². The van der Waals surface area contributed by atoms with E-state index in [9.17, 15) is 34.2 Å². The molecule has 0 bridgehead atoms. The Balaban J connectivity index is 2.91. The van der Waals surface area contributed by atoms with E-state index in [1.54, 1.807) is 32.2 Å². The first-order valence-corrected chi connectivity index (χ1v) is 12.6. The third-order valence-electron chi connectivity index (χ3n) is 5.21. The number of hydrogen-bond donors (Lipinski definition) is 7. The molecule has 0 aliphatic heterocycles. The lowest BCUT2D eigenvalue weighted by molar-refractivity contribution is -0.147. The fraction of sp³-hybridized carbons (Fsp3) is 0.522. The van der Waals surface area contributed by atoms with Gasteiger partial charge in [0.05, 0.1) is 12.5 Å². The van der Waals surface area contributed by atoms with Crippen molar-refractivity contribution in [3.8, 4) is 5.75 Å². The van der Waals surface area contributed by atoms with Gasteiger partial charge in [0.25, 0.3) is 0 Å². The number of hydrogen-bond acceptors (Lipinski definition) is 8. The third kappa shape index (κ3) is 10.5. The van der Waals surface area contributed by atoms with Gasteiger partial charge in [-0.1, -0.05) is 26.0 Å². The van der Waals surface area contributed by atoms with Crippen molar-refractivity contribution in [1.29, 1.82) is 0 Å². The Morgan fingerprint density at radius 2 is 1.50 bits per heavy atom. The van der Waals surface area contributed by atoms with E-state index in [2.05, 4.69) is 16.0 Å². The summed E-state index contributed by atoms with van der Waals surface area (Å²) >= 11 is 1.40. The van der Waals surface area contributed by atoms with Gasteiger partial charge in [0.15, 0.2) is 0 Å². The van der Waals surface area contributed by atoms with E-state index in [-0.39, 0.29) is 24.5 Å². The topological polar surface area (TPSA) is 208 Å². The molecule has 13 heteroatoms. The van der Waals surface area contributed by atoms with Gasteiger partial charge in [-0.2, -0.15) is 11.8 Å². The predicted molar refractivity (Wildman–Crippen MR) is 133 cm³/mol. The van der Waals surface area contributed by atoms with Gasteiger partial charge in [-0.3, -0.25) is 19.2 Å². The zero-order valence-corrected chi connectivity index (χ0v) is 21.2. The number of amides is 3. The van der Waals surface area contributed by atoms with Crippen LogP contribution < -0.4 is 21.7 Å². The molecule has 0 spiro atoms. The molecule has 1 aromatic rings. The summed E-state index contributed by atoms with van der Waals surface area (Å²) < 4.78 is 0. The second-order valence-electron chi connectivity index (χ2n) is 8.55. The average molecular weight is 527 g/mol. The van der Waals surface area contributed by atoms with E-state index in [4.69, 9.17) is 10.8 Å². The van der Waals surface area contributed by atoms with Crippen molar-refractivity contribution in [3.05, 3.63) is 29.8 Å². The van der Waals surface area contributed by atoms with Gasteiger partial charge >= 0.3 is 11.9 Å². The van der Waals surface area contributed by atoms with E-state index < -0.39 is 60.2 Å². The number of aromatic hydroxyl groups is 1. The minimum absolute atomic E-state index is 0.0750. The first-order valence-electron chi connectivity index (χ1n) is 11.2. The Morgan fingerprint density at radius 1 is 0.917 bits per heavy atom. The van der Waals surface area contributed by atoms with Crippen molar-refractivity contribution in [2.45, 2.75) is 57.3 Å². The summed E-state index contributed by atoms with van der Waals surface area (Å²) in [7, 11) is 0. The highest BCUT2D eigenvalue weighted by atomic mass is 32.2. The van der Waals surface area contributed by atoms with Crippen molar-refractivity contribution in [3.63, 3.8) is 0 Å². The smallest absolute Gasteiger partial charge is 0.326 e. The zero-order valence-electron chi connectivity index (χ0n) is 20.4. The molecular weight excluding hydrogens is 492 g/mol. The largest absolute Gasteiger partial charge is 0.508 e. The molecule has 0 heterocycles. The summed E-state index contributed by atoms with van der Waals surface area (Å²) in [6, 6.07) is 1.35. The highest BCUT2D eigenvalue weighted by molar-refractivity contribution is 7.98. The average Bonchev–Trinajstić information content (AvgIpc) is 2.80. The van der Waals surface area contributed by atoms with Gasteiger partial charge in [-0.25, -0.2) is 4.79 Å². The summed E-state index contributed by atoms with van der Waals surface area (Å²) in [5.74, 6) is -4.87. The minimum atomic E-state index is -1.66. The maximum absolute atomic E-state index is 13.0. The molecule has 1 rings (SSSR count). The van der Waals surface area contributed by atoms with Crippen molar-refractivity contribution < 1.29 is 39.3 Å². The standard InChI is InChI=1S/C23H34N4O8S/c1-12(2)19(27-20(31)15(24)10-13-4-6-14(28)7-5-13)22(33)25-16(8-9-36-3)21(32)26-17(23(34)35)11-18(29)30/h4-7,12,15-17,19,28H,8-11,24H2,1-3H3,(H,25,33)(H,26,32)(H,27,31)(H,29,30)(H,34,35). The number of benzene rings is 1. The summed E-state index contributed by atoms with van der Waals surface area (Å²) in [6.07, 6.45) is 1.27. The van der Waals surface area contributed by atoms with Crippen LogP contribution in [0.25, 0.3) is 0 Å². The van der Waals surface area contributed by atoms with Crippen LogP contribution in [0.15, 0.2) is 24.3 Å². The van der Waals surface area contributed by atoms with Gasteiger partial charge in [-0.15, -0.1) is 0 Å². The minimum Gasteiger partial charge on any atom is -0.508 e. The number of aliphatic carboxylic acids is 2. The lowest BCUT2D eigenvalue weighted by Crippen LogP contribution is -2.58. The molecule has 0 aromatic heterocycles. The summed E-state index contributed by atoms with van der Waals surface area (Å²) in [6.45, 7) is 3.39. The first-order chi connectivity index (χ1) is 16.8. The lowest BCUT2D eigenvalue weighted by Gasteiger charge is -2.27. The number of rotatable bonds is 15. The molecule has 200 valence electrons. The molecule has 4 unspecified atom stereocenters. The highest BCUT2D eigenvalue weighted by Crippen LogP contribution is 2.12. The van der Waals surface area contributed by atoms with Crippen LogP contribution in [0.2, 0.25) is 0 Å². The Kier molecular flexibility index (Phi) is 12.7. The van der Waals surface area contributed by atoms with Crippen LogP contribution in [0.1, 0.15) is 32.3 Å². The molecule has 0 fully saturated rings. The number of thioether (sulfide) groups is 1. The molecule has 4 atom stereocenters. The predicted octanol–water partition coefficient (Wildman–Crippen LogP) is -0.315. The Morgan fingerprint density at radius 3 is 2.00 bits per heavy atom. The molecule has 1 aromatic carbocycles. The molecule has 3 amide bonds. The number of nitrogens with one attached hydrogen (secondary N) is 3. The van der Waals surface area contributed by atoms with Crippen LogP contribution in [0, 0.1) is 5.92 Å². The molecule has 0 aliphatic rings. The second kappa shape index (κ2) is 14.9. The van der Waals surface area contributed by atoms with Gasteiger partial charge in [0.1, 0.15) is 23.9 Å². The highest BCUT2D eigenvalue weighted by Gasteiger charge is 2.32. The van der Waals surface area contributed by atoms with E-state index in [1.807, 2.05) is 0 Å². The van der Waals surface area contributed by atoms with Crippen LogP contribution in [0.4, 0.5) is 0 Å². The number of phenols is 1. The number of carbonyl (C=O) groups excluding carboxylic acids is 3. The van der Waals surface area contributed by atoms with Crippen LogP contribution in [-0.4, -0.2) is 81.2 Å². The molecule has 8 N–H and O–H groups in total. The van der Waals surface area contributed by atoms with Crippen LogP contribution in [0.3, 0.4) is 0 Å². The first kappa shape index (κ1) is 30.7. The van der Waals surface area contributed by atoms with Crippen LogP contribution >= 0.6 is 11.8 Å². The molecule has 36 heavy (non-hydrogen) atoms. The third-order valence-corrected chi connectivity index (χ3v) is 5.86. The molecule has 12 nitrogen and oxygen atoms in total. The zero-order chi connectivity index (χ0) is 27.4. The molecule has 0 aliphatic carbocycles. The fourth-order valence-electron chi connectivity index (χ4n) is 3.19. The van der Waals surface area contributed by atoms with E-state index in [0.717, 1.165) is 0 Å². The molecule has 0 saturated heterocycles. The van der Waals surface area contributed by atoms with Gasteiger partial charge in [-0.05, 0) is 48.5 Å². The van der Waals surface area contributed by atoms with Gasteiger partial charge in [0.2, 0.25) is 17.7 Å². The number of carbonyl (C=O) groups is 5. The number of carboxylic acid groups (broad SMARTS) is 2. The van der Waals surface area contributed by atoms with Crippen molar-refractivity contribution in [2.24, 2.45) is 11.7 Å². The normalized spacial score (nSPS) is 14.2. The lowest BCUT2D eigenvalue weighted by atomic mass is 10.0. The SMILES string of the molecule is CSCCC(NC(=O)C(NC(=O)C(N)Cc1ccc(O)cc1)C(C)C)C(=O)NC(CC(=O)O)C(=O)O. The Hall–Kier alpha value is -3.32. The number of carboxylic acids is 2. The summed E-state index contributed by atoms with van der Waals surface area (Å²) in [5.41, 5.74) is 6.71. The van der Waals surface area contributed by atoms with Crippen molar-refractivity contribution >= 4 is 41.4 Å². The maximum atomic E-state index is 13.0. The summed E-state index contributed by atoms with van der Waals surface area (Å²) in [5, 5.41) is 34.8. The second-order valence-corrected chi connectivity index (χ2v) is 9.53. The van der Waals surface area contributed by atoms with Crippen molar-refractivity contribution in [2.75, 3.05) is 12.0 Å². The van der Waals surface area contributed by atoms with Crippen LogP contribution in [-0.2, 0) is 30.4 Å². The number of phenolic OH excluding ortho intramolecular Hbond substituents is 1. The quantitative estimate of drug-likeness (QED) is 0.158. The van der Waals surface area contributed by atoms with Crippen molar-refractivity contribution in [1.82, 2.24) is 16.0 Å². The molecule has 0 saturated carbocycles. The Labute approximate surface area is 213 Å². The molecule has 0 radical (unpaired) electrons.